The maximum atomic E-state index is 11.4. The fourth-order valence-corrected chi connectivity index (χ4v) is 2.13. The molecule has 0 saturated heterocycles. The van der Waals surface area contributed by atoms with Crippen molar-refractivity contribution in [3.8, 4) is 0 Å². The van der Waals surface area contributed by atoms with Crippen molar-refractivity contribution in [3.05, 3.63) is 0 Å². The van der Waals surface area contributed by atoms with Crippen molar-refractivity contribution in [2.24, 2.45) is 0 Å². The van der Waals surface area contributed by atoms with Crippen LogP contribution in [0.2, 0.25) is 4.75 Å². The molecule has 0 aromatic heterocycles. The molecule has 1 aliphatic rings. The monoisotopic (exact) mass is 172 g/mol. The molecule has 0 radical (unpaired) electrons. The Kier molecular flexibility index (Phi) is 1.10. The van der Waals surface area contributed by atoms with E-state index in [1.54, 1.807) is 0 Å². The Labute approximate surface area is 43.5 Å². The van der Waals surface area contributed by atoms with Crippen LogP contribution in [0.25, 0.3) is 0 Å². The van der Waals surface area contributed by atoms with Gasteiger partial charge in [-0.15, -0.1) is 0 Å². The van der Waals surface area contributed by atoms with E-state index in [0.717, 1.165) is 0 Å². The summed E-state index contributed by atoms with van der Waals surface area (Å²) >= 11 is -5.56. The van der Waals surface area contributed by atoms with Crippen LogP contribution >= 0.6 is 0 Å². The van der Waals surface area contributed by atoms with E-state index < -0.39 is 19.4 Å². The predicted molar refractivity (Wildman–Crippen MR) is 22.1 cm³/mol. The third kappa shape index (κ3) is 1.36. The van der Waals surface area contributed by atoms with Gasteiger partial charge in [0.25, 0.3) is 0 Å². The molecule has 0 aliphatic heterocycles. The van der Waals surface area contributed by atoms with Gasteiger partial charge in [0, 0.05) is 0 Å². The summed E-state index contributed by atoms with van der Waals surface area (Å²) in [5, 5.41) is 0. The van der Waals surface area contributed by atoms with Crippen LogP contribution in [0, 0.1) is 0 Å². The van der Waals surface area contributed by atoms with E-state index >= 15 is 0 Å². The van der Waals surface area contributed by atoms with Gasteiger partial charge in [0.05, 0.1) is 0 Å². The maximum absolute atomic E-state index is 11.4. The summed E-state index contributed by atoms with van der Waals surface area (Å²) in [6.07, 6.45) is 0.868. The number of halogens is 3. The topological polar surface area (TPSA) is 0 Å². The number of rotatable bonds is 1. The summed E-state index contributed by atoms with van der Waals surface area (Å²) in [6, 6.07) is 0. The van der Waals surface area contributed by atoms with Crippen molar-refractivity contribution in [2.75, 3.05) is 0 Å². The van der Waals surface area contributed by atoms with Crippen LogP contribution in [0.15, 0.2) is 0 Å². The number of hydrogen-bond donors (Lipinski definition) is 0. The van der Waals surface area contributed by atoms with Gasteiger partial charge in [0.15, 0.2) is 0 Å². The SMILES string of the molecule is [F][Ge]([F])([F])[CH]1CC1. The molecule has 0 amide bonds. The summed E-state index contributed by atoms with van der Waals surface area (Å²) in [6.45, 7) is 0. The fraction of sp³-hybridized carbons (Fsp3) is 1.00. The van der Waals surface area contributed by atoms with E-state index in [1.165, 1.54) is 0 Å². The molecule has 0 spiro atoms. The van der Waals surface area contributed by atoms with Gasteiger partial charge in [0.1, 0.15) is 0 Å². The zero-order valence-electron chi connectivity index (χ0n) is 3.63. The minimum absolute atomic E-state index is 0.434. The number of hydrogen-bond acceptors (Lipinski definition) is 0. The van der Waals surface area contributed by atoms with Gasteiger partial charge >= 0.3 is 42.8 Å². The first-order chi connectivity index (χ1) is 3.11. The molecule has 0 N–H and O–H groups in total. The van der Waals surface area contributed by atoms with Crippen molar-refractivity contribution in [1.82, 2.24) is 0 Å². The summed E-state index contributed by atoms with van der Waals surface area (Å²) in [5.41, 5.74) is 0. The molecular weight excluding hydrogens is 166 g/mol. The second-order valence-corrected chi connectivity index (χ2v) is 5.80. The van der Waals surface area contributed by atoms with E-state index in [1.807, 2.05) is 0 Å². The molecule has 1 saturated carbocycles. The molecule has 0 aromatic rings. The first-order valence-electron chi connectivity index (χ1n) is 2.17. The third-order valence-corrected chi connectivity index (χ3v) is 4.19. The molecule has 4 heteroatoms. The molecule has 0 unspecified atom stereocenters. The van der Waals surface area contributed by atoms with Crippen molar-refractivity contribution < 1.29 is 10.5 Å². The van der Waals surface area contributed by atoms with E-state index in [0.29, 0.717) is 12.8 Å². The third-order valence-electron chi connectivity index (χ3n) is 1.04. The molecule has 0 aromatic carbocycles. The zero-order chi connectivity index (χ0) is 5.49. The predicted octanol–water partition coefficient (Wildman–Crippen LogP) is 2.00. The van der Waals surface area contributed by atoms with Gasteiger partial charge < -0.3 is 0 Å². The van der Waals surface area contributed by atoms with Crippen LogP contribution in [0.5, 0.6) is 0 Å². The van der Waals surface area contributed by atoms with Crippen molar-refractivity contribution in [3.63, 3.8) is 0 Å². The van der Waals surface area contributed by atoms with Crippen LogP contribution in [-0.4, -0.2) is 14.7 Å². The summed E-state index contributed by atoms with van der Waals surface area (Å²) in [5.74, 6) is 0. The van der Waals surface area contributed by atoms with Crippen molar-refractivity contribution in [2.45, 2.75) is 17.6 Å². The Hall–Kier alpha value is 0.333. The van der Waals surface area contributed by atoms with Gasteiger partial charge in [0.2, 0.25) is 0 Å². The van der Waals surface area contributed by atoms with Crippen LogP contribution in [0.1, 0.15) is 12.8 Å². The van der Waals surface area contributed by atoms with E-state index in [4.69, 9.17) is 0 Å². The Balaban J connectivity index is 2.36. The van der Waals surface area contributed by atoms with Crippen LogP contribution in [-0.2, 0) is 0 Å². The van der Waals surface area contributed by atoms with Crippen LogP contribution < -0.4 is 0 Å². The Bertz CT molecular complexity index is 72.7. The molecule has 0 bridgehead atoms. The average molecular weight is 171 g/mol. The van der Waals surface area contributed by atoms with Gasteiger partial charge in [-0.25, -0.2) is 0 Å². The Morgan fingerprint density at radius 1 is 1.14 bits per heavy atom. The average Bonchev–Trinajstić information content (AvgIpc) is 1.99. The molecule has 42 valence electrons. The van der Waals surface area contributed by atoms with Gasteiger partial charge in [-0.2, -0.15) is 0 Å². The van der Waals surface area contributed by atoms with E-state index in [9.17, 15) is 10.5 Å². The van der Waals surface area contributed by atoms with Gasteiger partial charge in [-0.05, 0) is 0 Å². The first-order valence-corrected chi connectivity index (χ1v) is 5.76. The summed E-state index contributed by atoms with van der Waals surface area (Å²) in [4.78, 5) is 0. The summed E-state index contributed by atoms with van der Waals surface area (Å²) in [7, 11) is 0. The summed E-state index contributed by atoms with van der Waals surface area (Å²) < 4.78 is 33.5. The molecule has 1 fully saturated rings. The Morgan fingerprint density at radius 2 is 1.57 bits per heavy atom. The van der Waals surface area contributed by atoms with E-state index in [-0.39, 0.29) is 0 Å². The van der Waals surface area contributed by atoms with Gasteiger partial charge in [-0.1, -0.05) is 0 Å². The van der Waals surface area contributed by atoms with E-state index in [2.05, 4.69) is 0 Å². The molecule has 0 atom stereocenters. The normalized spacial score (nSPS) is 22.7. The first kappa shape index (κ1) is 5.47. The zero-order valence-corrected chi connectivity index (χ0v) is 5.72. The molecule has 1 rings (SSSR count). The molecule has 7 heavy (non-hydrogen) atoms. The molecular formula is C3H5F3Ge. The molecule has 0 nitrogen and oxygen atoms in total. The van der Waals surface area contributed by atoms with Crippen molar-refractivity contribution >= 4 is 14.7 Å². The van der Waals surface area contributed by atoms with Crippen molar-refractivity contribution in [1.29, 1.82) is 0 Å². The minimum atomic E-state index is -5.56. The van der Waals surface area contributed by atoms with Crippen LogP contribution in [0.3, 0.4) is 0 Å². The Morgan fingerprint density at radius 3 is 1.57 bits per heavy atom. The second-order valence-electron chi connectivity index (χ2n) is 1.82. The fourth-order valence-electron chi connectivity index (χ4n) is 0.411. The molecule has 0 heterocycles. The second kappa shape index (κ2) is 1.40. The molecule has 1 aliphatic carbocycles. The standard InChI is InChI=1S/C3H5F3Ge/c4-7(5,6)3-1-2-3/h3H,1-2H2. The van der Waals surface area contributed by atoms with Gasteiger partial charge in [-0.3, -0.25) is 0 Å². The quantitative estimate of drug-likeness (QED) is 0.529. The van der Waals surface area contributed by atoms with Crippen LogP contribution in [0.4, 0.5) is 10.5 Å².